The van der Waals surface area contributed by atoms with E-state index >= 15 is 0 Å². The van der Waals surface area contributed by atoms with Crippen LogP contribution in [0.2, 0.25) is 0 Å². The van der Waals surface area contributed by atoms with Crippen molar-refractivity contribution in [2.75, 3.05) is 18.5 Å². The van der Waals surface area contributed by atoms with Gasteiger partial charge < -0.3 is 20.9 Å². The van der Waals surface area contributed by atoms with Crippen molar-refractivity contribution in [1.82, 2.24) is 0 Å². The summed E-state index contributed by atoms with van der Waals surface area (Å²) < 4.78 is 5.74. The standard InChI is InChI=1S/C12H13BrN2O4/c13-8-2-1-6(12(17)18)3-10(8)15-11(16)7-4-19-5-9(7)14/h1-3,7,9H,4-5,14H2,(H,15,16)(H,17,18). The molecule has 2 rings (SSSR count). The van der Waals surface area contributed by atoms with Gasteiger partial charge in [0.15, 0.2) is 0 Å². The Labute approximate surface area is 118 Å². The van der Waals surface area contributed by atoms with Crippen molar-refractivity contribution in [3.05, 3.63) is 28.2 Å². The van der Waals surface area contributed by atoms with Crippen LogP contribution in [0.1, 0.15) is 10.4 Å². The first-order valence-electron chi connectivity index (χ1n) is 5.66. The van der Waals surface area contributed by atoms with Gasteiger partial charge in [-0.25, -0.2) is 4.79 Å². The summed E-state index contributed by atoms with van der Waals surface area (Å²) in [6.07, 6.45) is 0. The fourth-order valence-corrected chi connectivity index (χ4v) is 2.17. The molecule has 1 aromatic carbocycles. The number of halogens is 1. The number of hydrogen-bond acceptors (Lipinski definition) is 4. The van der Waals surface area contributed by atoms with Gasteiger partial charge in [0.1, 0.15) is 0 Å². The third kappa shape index (κ3) is 3.12. The molecule has 0 aromatic heterocycles. The van der Waals surface area contributed by atoms with Crippen LogP contribution >= 0.6 is 15.9 Å². The van der Waals surface area contributed by atoms with Crippen molar-refractivity contribution in [2.45, 2.75) is 6.04 Å². The molecule has 1 fully saturated rings. The van der Waals surface area contributed by atoms with Gasteiger partial charge in [0.05, 0.1) is 30.4 Å². The predicted octanol–water partition coefficient (Wildman–Crippen LogP) is 1.06. The van der Waals surface area contributed by atoms with E-state index in [1.54, 1.807) is 6.07 Å². The summed E-state index contributed by atoms with van der Waals surface area (Å²) >= 11 is 3.26. The summed E-state index contributed by atoms with van der Waals surface area (Å²) in [5, 5.41) is 11.6. The second-order valence-corrected chi connectivity index (χ2v) is 5.15. The van der Waals surface area contributed by atoms with Gasteiger partial charge in [0, 0.05) is 10.5 Å². The van der Waals surface area contributed by atoms with Gasteiger partial charge >= 0.3 is 5.97 Å². The Morgan fingerprint density at radius 1 is 1.42 bits per heavy atom. The molecule has 1 amide bonds. The number of amides is 1. The topological polar surface area (TPSA) is 102 Å². The average molecular weight is 329 g/mol. The van der Waals surface area contributed by atoms with E-state index in [0.29, 0.717) is 16.8 Å². The Morgan fingerprint density at radius 3 is 2.74 bits per heavy atom. The minimum atomic E-state index is -1.05. The highest BCUT2D eigenvalue weighted by Crippen LogP contribution is 2.25. The number of carboxylic acid groups (broad SMARTS) is 1. The molecular formula is C12H13BrN2O4. The number of carbonyl (C=O) groups is 2. The van der Waals surface area contributed by atoms with Crippen LogP contribution in [-0.2, 0) is 9.53 Å². The predicted molar refractivity (Wildman–Crippen MR) is 72.0 cm³/mol. The lowest BCUT2D eigenvalue weighted by atomic mass is 10.0. The van der Waals surface area contributed by atoms with Gasteiger partial charge in [0.25, 0.3) is 0 Å². The summed E-state index contributed by atoms with van der Waals surface area (Å²) in [5.41, 5.74) is 6.27. The Hall–Kier alpha value is -1.44. The zero-order valence-corrected chi connectivity index (χ0v) is 11.5. The molecule has 7 heteroatoms. The van der Waals surface area contributed by atoms with Gasteiger partial charge in [-0.2, -0.15) is 0 Å². The number of carboxylic acids is 1. The van der Waals surface area contributed by atoms with Gasteiger partial charge in [-0.1, -0.05) is 0 Å². The van der Waals surface area contributed by atoms with Crippen LogP contribution in [0.15, 0.2) is 22.7 Å². The molecule has 4 N–H and O–H groups in total. The number of hydrogen-bond donors (Lipinski definition) is 3. The number of anilines is 1. The highest BCUT2D eigenvalue weighted by Gasteiger charge is 2.31. The first kappa shape index (κ1) is 14.0. The Balaban J connectivity index is 2.16. The largest absolute Gasteiger partial charge is 0.478 e. The summed E-state index contributed by atoms with van der Waals surface area (Å²) in [6, 6.07) is 4.09. The number of aromatic carboxylic acids is 1. The summed E-state index contributed by atoms with van der Waals surface area (Å²) in [5.74, 6) is -1.74. The van der Waals surface area contributed by atoms with E-state index in [2.05, 4.69) is 21.2 Å². The molecule has 1 saturated heterocycles. The average Bonchev–Trinajstić information content (AvgIpc) is 2.78. The van der Waals surface area contributed by atoms with Crippen LogP contribution in [0.3, 0.4) is 0 Å². The van der Waals surface area contributed by atoms with Gasteiger partial charge in [0.2, 0.25) is 5.91 Å². The van der Waals surface area contributed by atoms with E-state index in [1.165, 1.54) is 12.1 Å². The molecule has 1 aromatic rings. The molecule has 2 unspecified atom stereocenters. The van der Waals surface area contributed by atoms with E-state index < -0.39 is 11.9 Å². The summed E-state index contributed by atoms with van der Waals surface area (Å²) in [7, 11) is 0. The molecule has 0 saturated carbocycles. The maximum atomic E-state index is 12.0. The lowest BCUT2D eigenvalue weighted by Gasteiger charge is -2.14. The van der Waals surface area contributed by atoms with Gasteiger partial charge in [-0.15, -0.1) is 0 Å². The van der Waals surface area contributed by atoms with Crippen LogP contribution in [0.25, 0.3) is 0 Å². The first-order valence-corrected chi connectivity index (χ1v) is 6.45. The molecule has 102 valence electrons. The molecule has 1 aliphatic rings. The van der Waals surface area contributed by atoms with Crippen LogP contribution in [-0.4, -0.2) is 36.2 Å². The lowest BCUT2D eigenvalue weighted by molar-refractivity contribution is -0.120. The molecule has 2 atom stereocenters. The van der Waals surface area contributed by atoms with Crippen molar-refractivity contribution < 1.29 is 19.4 Å². The fourth-order valence-electron chi connectivity index (χ4n) is 1.82. The van der Waals surface area contributed by atoms with Crippen molar-refractivity contribution in [3.63, 3.8) is 0 Å². The van der Waals surface area contributed by atoms with Crippen LogP contribution in [0.4, 0.5) is 5.69 Å². The SMILES string of the molecule is NC1COCC1C(=O)Nc1cc(C(=O)O)ccc1Br. The minimum absolute atomic E-state index is 0.102. The van der Waals surface area contributed by atoms with E-state index in [4.69, 9.17) is 15.6 Å². The highest BCUT2D eigenvalue weighted by molar-refractivity contribution is 9.10. The number of rotatable bonds is 3. The van der Waals surface area contributed by atoms with E-state index in [-0.39, 0.29) is 24.1 Å². The highest BCUT2D eigenvalue weighted by atomic mass is 79.9. The minimum Gasteiger partial charge on any atom is -0.478 e. The van der Waals surface area contributed by atoms with Crippen LogP contribution in [0.5, 0.6) is 0 Å². The third-order valence-electron chi connectivity index (χ3n) is 2.93. The smallest absolute Gasteiger partial charge is 0.335 e. The molecule has 0 aliphatic carbocycles. The monoisotopic (exact) mass is 328 g/mol. The number of nitrogens with one attached hydrogen (secondary N) is 1. The van der Waals surface area contributed by atoms with Crippen molar-refractivity contribution in [1.29, 1.82) is 0 Å². The zero-order valence-electron chi connectivity index (χ0n) is 9.93. The Bertz CT molecular complexity index is 520. The second kappa shape index (κ2) is 5.68. The third-order valence-corrected chi connectivity index (χ3v) is 3.62. The number of ether oxygens (including phenoxy) is 1. The van der Waals surface area contributed by atoms with Crippen LogP contribution in [0, 0.1) is 5.92 Å². The maximum absolute atomic E-state index is 12.0. The van der Waals surface area contributed by atoms with Gasteiger partial charge in [-0.3, -0.25) is 4.79 Å². The number of benzene rings is 1. The fraction of sp³-hybridized carbons (Fsp3) is 0.333. The number of nitrogens with two attached hydrogens (primary N) is 1. The van der Waals surface area contributed by atoms with E-state index in [1.807, 2.05) is 0 Å². The molecule has 0 bridgehead atoms. The molecule has 6 nitrogen and oxygen atoms in total. The van der Waals surface area contributed by atoms with Crippen molar-refractivity contribution >= 4 is 33.5 Å². The lowest BCUT2D eigenvalue weighted by Crippen LogP contribution is -2.37. The normalized spacial score (nSPS) is 22.2. The van der Waals surface area contributed by atoms with Crippen molar-refractivity contribution in [3.8, 4) is 0 Å². The summed E-state index contributed by atoms with van der Waals surface area (Å²) in [6.45, 7) is 0.637. The Morgan fingerprint density at radius 2 is 2.16 bits per heavy atom. The van der Waals surface area contributed by atoms with E-state index in [9.17, 15) is 9.59 Å². The molecule has 0 spiro atoms. The van der Waals surface area contributed by atoms with Crippen molar-refractivity contribution in [2.24, 2.45) is 11.7 Å². The zero-order chi connectivity index (χ0) is 14.0. The quantitative estimate of drug-likeness (QED) is 0.770. The first-order chi connectivity index (χ1) is 8.99. The molecule has 1 aliphatic heterocycles. The second-order valence-electron chi connectivity index (χ2n) is 4.30. The maximum Gasteiger partial charge on any atom is 0.335 e. The molecular weight excluding hydrogens is 316 g/mol. The molecule has 0 radical (unpaired) electrons. The Kier molecular flexibility index (Phi) is 4.18. The van der Waals surface area contributed by atoms with E-state index in [0.717, 1.165) is 0 Å². The van der Waals surface area contributed by atoms with Crippen LogP contribution < -0.4 is 11.1 Å². The molecule has 19 heavy (non-hydrogen) atoms. The van der Waals surface area contributed by atoms with Gasteiger partial charge in [-0.05, 0) is 34.1 Å². The molecule has 1 heterocycles. The number of carbonyl (C=O) groups excluding carboxylic acids is 1. The summed E-state index contributed by atoms with van der Waals surface area (Å²) in [4.78, 5) is 22.9.